The monoisotopic (exact) mass is 242 g/mol. The summed E-state index contributed by atoms with van der Waals surface area (Å²) < 4.78 is 5.21. The molecule has 1 rings (SSSR count). The Kier molecular flexibility index (Phi) is 7.09. The summed E-state index contributed by atoms with van der Waals surface area (Å²) in [5, 5.41) is 3.52. The molecule has 3 heteroatoms. The predicted octanol–water partition coefficient (Wildman–Crippen LogP) is 1.98. The molecule has 0 aromatic rings. The summed E-state index contributed by atoms with van der Waals surface area (Å²) in [5.41, 5.74) is 0. The van der Waals surface area contributed by atoms with Crippen LogP contribution in [0.15, 0.2) is 0 Å². The van der Waals surface area contributed by atoms with Crippen molar-refractivity contribution in [1.82, 2.24) is 10.2 Å². The molecule has 0 aliphatic heterocycles. The molecule has 1 unspecified atom stereocenters. The van der Waals surface area contributed by atoms with Gasteiger partial charge in [0.1, 0.15) is 0 Å². The highest BCUT2D eigenvalue weighted by Gasteiger charge is 2.31. The van der Waals surface area contributed by atoms with E-state index in [0.29, 0.717) is 0 Å². The third-order valence-corrected chi connectivity index (χ3v) is 3.59. The van der Waals surface area contributed by atoms with E-state index >= 15 is 0 Å². The van der Waals surface area contributed by atoms with Crippen LogP contribution in [0.2, 0.25) is 0 Å². The molecule has 1 fully saturated rings. The molecule has 0 spiro atoms. The van der Waals surface area contributed by atoms with E-state index in [2.05, 4.69) is 31.0 Å². The minimum absolute atomic E-state index is 0.728. The van der Waals surface area contributed by atoms with Crippen LogP contribution in [0.4, 0.5) is 0 Å². The van der Waals surface area contributed by atoms with Gasteiger partial charge in [0.15, 0.2) is 0 Å². The molecule has 3 nitrogen and oxygen atoms in total. The van der Waals surface area contributed by atoms with Gasteiger partial charge in [-0.3, -0.25) is 4.90 Å². The minimum atomic E-state index is 0.728. The lowest BCUT2D eigenvalue weighted by Gasteiger charge is -2.29. The summed E-state index contributed by atoms with van der Waals surface area (Å²) in [4.78, 5) is 2.58. The average molecular weight is 242 g/mol. The molecule has 0 aromatic heterocycles. The van der Waals surface area contributed by atoms with E-state index in [9.17, 15) is 0 Å². The van der Waals surface area contributed by atoms with Crippen LogP contribution in [0.1, 0.15) is 33.6 Å². The highest BCUT2D eigenvalue weighted by Crippen LogP contribution is 2.34. The fourth-order valence-corrected chi connectivity index (χ4v) is 2.22. The molecule has 1 N–H and O–H groups in total. The largest absolute Gasteiger partial charge is 0.383 e. The van der Waals surface area contributed by atoms with Gasteiger partial charge in [-0.2, -0.15) is 0 Å². The third-order valence-electron chi connectivity index (χ3n) is 3.59. The van der Waals surface area contributed by atoms with Gasteiger partial charge in [0.2, 0.25) is 0 Å². The van der Waals surface area contributed by atoms with Crippen molar-refractivity contribution in [3.05, 3.63) is 0 Å². The van der Waals surface area contributed by atoms with Crippen LogP contribution in [0.25, 0.3) is 0 Å². The molecule has 1 atom stereocenters. The number of ether oxygens (including phenoxy) is 1. The third kappa shape index (κ3) is 6.39. The summed E-state index contributed by atoms with van der Waals surface area (Å²) in [5.74, 6) is 1.68. The molecule has 0 aromatic carbocycles. The van der Waals surface area contributed by atoms with E-state index < -0.39 is 0 Å². The number of methoxy groups -OCH3 is 1. The summed E-state index contributed by atoms with van der Waals surface area (Å²) in [6.45, 7) is 12.2. The van der Waals surface area contributed by atoms with Gasteiger partial charge in [0.25, 0.3) is 0 Å². The zero-order chi connectivity index (χ0) is 12.7. The Morgan fingerprint density at radius 3 is 2.47 bits per heavy atom. The molecule has 1 aliphatic carbocycles. The van der Waals surface area contributed by atoms with E-state index in [1.54, 1.807) is 7.11 Å². The summed E-state index contributed by atoms with van der Waals surface area (Å²) >= 11 is 0. The van der Waals surface area contributed by atoms with E-state index in [1.807, 2.05) is 0 Å². The van der Waals surface area contributed by atoms with Gasteiger partial charge in [-0.15, -0.1) is 0 Å². The number of rotatable bonds is 10. The molecule has 1 saturated carbocycles. The van der Waals surface area contributed by atoms with E-state index in [0.717, 1.165) is 50.7 Å². The van der Waals surface area contributed by atoms with Crippen molar-refractivity contribution < 1.29 is 4.74 Å². The predicted molar refractivity (Wildman–Crippen MR) is 73.3 cm³/mol. The fraction of sp³-hybridized carbons (Fsp3) is 1.00. The van der Waals surface area contributed by atoms with Crippen LogP contribution in [0.3, 0.4) is 0 Å². The molecule has 0 saturated heterocycles. The molecule has 1 aliphatic rings. The normalized spacial score (nSPS) is 18.0. The van der Waals surface area contributed by atoms with Gasteiger partial charge in [-0.1, -0.05) is 13.8 Å². The Labute approximate surface area is 107 Å². The maximum Gasteiger partial charge on any atom is 0.0589 e. The van der Waals surface area contributed by atoms with Gasteiger partial charge in [-0.05, 0) is 38.1 Å². The topological polar surface area (TPSA) is 24.5 Å². The fourth-order valence-electron chi connectivity index (χ4n) is 2.22. The molecule has 102 valence electrons. The first kappa shape index (κ1) is 14.9. The highest BCUT2D eigenvalue weighted by molar-refractivity contribution is 4.85. The standard InChI is InChI=1S/C14H30N2O/c1-12(2)11-15-7-8-16(9-10-17-4)13(3)14-5-6-14/h12-15H,5-11H2,1-4H3. The van der Waals surface area contributed by atoms with Gasteiger partial charge >= 0.3 is 0 Å². The molecular formula is C14H30N2O. The van der Waals surface area contributed by atoms with E-state index in [-0.39, 0.29) is 0 Å². The highest BCUT2D eigenvalue weighted by atomic mass is 16.5. The minimum Gasteiger partial charge on any atom is -0.383 e. The number of hydrogen-bond donors (Lipinski definition) is 1. The lowest BCUT2D eigenvalue weighted by atomic mass is 10.2. The van der Waals surface area contributed by atoms with Crippen molar-refractivity contribution in [2.45, 2.75) is 39.7 Å². The first-order valence-corrected chi connectivity index (χ1v) is 7.08. The average Bonchev–Trinajstić information content (AvgIpc) is 3.10. The summed E-state index contributed by atoms with van der Waals surface area (Å²) in [6, 6.07) is 0.728. The van der Waals surface area contributed by atoms with Crippen molar-refractivity contribution in [3.63, 3.8) is 0 Å². The van der Waals surface area contributed by atoms with E-state index in [4.69, 9.17) is 4.74 Å². The van der Waals surface area contributed by atoms with E-state index in [1.165, 1.54) is 12.8 Å². The van der Waals surface area contributed by atoms with Crippen molar-refractivity contribution in [2.75, 3.05) is 39.9 Å². The second-order valence-corrected chi connectivity index (χ2v) is 5.70. The second-order valence-electron chi connectivity index (χ2n) is 5.70. The van der Waals surface area contributed by atoms with Crippen LogP contribution in [-0.2, 0) is 4.74 Å². The molecular weight excluding hydrogens is 212 g/mol. The number of hydrogen-bond acceptors (Lipinski definition) is 3. The van der Waals surface area contributed by atoms with Crippen molar-refractivity contribution in [1.29, 1.82) is 0 Å². The quantitative estimate of drug-likeness (QED) is 0.593. The summed E-state index contributed by atoms with van der Waals surface area (Å²) in [7, 11) is 1.79. The Morgan fingerprint density at radius 1 is 1.24 bits per heavy atom. The van der Waals surface area contributed by atoms with Crippen molar-refractivity contribution in [3.8, 4) is 0 Å². The first-order chi connectivity index (χ1) is 8.15. The maximum absolute atomic E-state index is 5.21. The summed E-state index contributed by atoms with van der Waals surface area (Å²) in [6.07, 6.45) is 2.84. The van der Waals surface area contributed by atoms with Crippen LogP contribution < -0.4 is 5.32 Å². The molecule has 17 heavy (non-hydrogen) atoms. The smallest absolute Gasteiger partial charge is 0.0589 e. The van der Waals surface area contributed by atoms with Crippen LogP contribution >= 0.6 is 0 Å². The Hall–Kier alpha value is -0.120. The number of nitrogens with zero attached hydrogens (tertiary/aromatic N) is 1. The lowest BCUT2D eigenvalue weighted by Crippen LogP contribution is -2.41. The number of nitrogens with one attached hydrogen (secondary N) is 1. The van der Waals surface area contributed by atoms with Crippen molar-refractivity contribution in [2.24, 2.45) is 11.8 Å². The lowest BCUT2D eigenvalue weighted by molar-refractivity contribution is 0.117. The van der Waals surface area contributed by atoms with Crippen molar-refractivity contribution >= 4 is 0 Å². The van der Waals surface area contributed by atoms with Crippen LogP contribution in [0.5, 0.6) is 0 Å². The molecule has 0 amide bonds. The van der Waals surface area contributed by atoms with Crippen LogP contribution in [0, 0.1) is 11.8 Å². The molecule has 0 radical (unpaired) electrons. The SMILES string of the molecule is COCCN(CCNCC(C)C)C(C)C1CC1. The van der Waals surface area contributed by atoms with Crippen LogP contribution in [-0.4, -0.2) is 50.8 Å². The zero-order valence-electron chi connectivity index (χ0n) is 12.0. The first-order valence-electron chi connectivity index (χ1n) is 7.08. The Balaban J connectivity index is 2.19. The molecule has 0 heterocycles. The molecule has 0 bridgehead atoms. The Bertz CT molecular complexity index is 193. The van der Waals surface area contributed by atoms with Gasteiger partial charge in [0.05, 0.1) is 6.61 Å². The zero-order valence-corrected chi connectivity index (χ0v) is 12.0. The Morgan fingerprint density at radius 2 is 1.94 bits per heavy atom. The van der Waals surface area contributed by atoms with Gasteiger partial charge in [-0.25, -0.2) is 0 Å². The van der Waals surface area contributed by atoms with Gasteiger partial charge < -0.3 is 10.1 Å². The van der Waals surface area contributed by atoms with Gasteiger partial charge in [0, 0.05) is 32.8 Å². The maximum atomic E-state index is 5.21. The second kappa shape index (κ2) is 8.06.